The first kappa shape index (κ1) is 15.2. The first-order valence-corrected chi connectivity index (χ1v) is 8.32. The van der Waals surface area contributed by atoms with E-state index < -0.39 is 10.0 Å². The van der Waals surface area contributed by atoms with Crippen molar-refractivity contribution in [3.63, 3.8) is 0 Å². The monoisotopic (exact) mass is 299 g/mol. The van der Waals surface area contributed by atoms with Crippen LogP contribution in [0.3, 0.4) is 0 Å². The Morgan fingerprint density at radius 2 is 2.20 bits per heavy atom. The smallest absolute Gasteiger partial charge is 0.241 e. The van der Waals surface area contributed by atoms with Crippen molar-refractivity contribution in [3.8, 4) is 0 Å². The number of hydrogen-bond donors (Lipinski definition) is 3. The molecule has 1 aliphatic rings. The van der Waals surface area contributed by atoms with Gasteiger partial charge >= 0.3 is 0 Å². The maximum Gasteiger partial charge on any atom is 0.241 e. The molecule has 3 N–H and O–H groups in total. The summed E-state index contributed by atoms with van der Waals surface area (Å²) in [5.41, 5.74) is 0. The van der Waals surface area contributed by atoms with Gasteiger partial charge in [0.25, 0.3) is 0 Å². The molecule has 0 aliphatic heterocycles. The number of hydrogen-bond acceptors (Lipinski definition) is 5. The van der Waals surface area contributed by atoms with Crippen molar-refractivity contribution in [1.29, 1.82) is 0 Å². The fourth-order valence-electron chi connectivity index (χ4n) is 2.67. The molecule has 0 aromatic carbocycles. The molecule has 1 aromatic heterocycles. The molecule has 112 valence electrons. The lowest BCUT2D eigenvalue weighted by Gasteiger charge is -2.20. The van der Waals surface area contributed by atoms with Gasteiger partial charge in [0.05, 0.1) is 0 Å². The van der Waals surface area contributed by atoms with Crippen LogP contribution in [0.1, 0.15) is 25.7 Å². The number of aliphatic hydroxyl groups is 1. The molecule has 0 bridgehead atoms. The number of anilines is 1. The number of sulfonamides is 1. The number of aliphatic hydroxyl groups excluding tert-OH is 1. The Balaban J connectivity index is 2.04. The molecule has 0 spiro atoms. The van der Waals surface area contributed by atoms with E-state index in [-0.39, 0.29) is 11.5 Å². The van der Waals surface area contributed by atoms with E-state index in [9.17, 15) is 8.42 Å². The van der Waals surface area contributed by atoms with E-state index in [1.165, 1.54) is 19.3 Å². The molecule has 2 unspecified atom stereocenters. The number of nitrogens with one attached hydrogen (secondary N) is 2. The van der Waals surface area contributed by atoms with Gasteiger partial charge in [0.15, 0.2) is 0 Å². The molecule has 1 aromatic rings. The molecule has 0 radical (unpaired) electrons. The highest BCUT2D eigenvalue weighted by Gasteiger charge is 2.26. The van der Waals surface area contributed by atoms with Crippen LogP contribution in [-0.2, 0) is 10.0 Å². The van der Waals surface area contributed by atoms with Gasteiger partial charge in [0.2, 0.25) is 10.0 Å². The van der Waals surface area contributed by atoms with Gasteiger partial charge in [0.1, 0.15) is 10.7 Å². The summed E-state index contributed by atoms with van der Waals surface area (Å²) in [5.74, 6) is 1.14. The van der Waals surface area contributed by atoms with Gasteiger partial charge in [-0.2, -0.15) is 0 Å². The van der Waals surface area contributed by atoms with Crippen molar-refractivity contribution in [2.75, 3.05) is 19.0 Å². The third kappa shape index (κ3) is 3.47. The molecule has 20 heavy (non-hydrogen) atoms. The van der Waals surface area contributed by atoms with Gasteiger partial charge in [-0.25, -0.2) is 18.1 Å². The van der Waals surface area contributed by atoms with E-state index in [2.05, 4.69) is 15.0 Å². The Labute approximate surface area is 119 Å². The number of pyridine rings is 1. The molecule has 0 amide bonds. The summed E-state index contributed by atoms with van der Waals surface area (Å²) in [4.78, 5) is 4.31. The standard InChI is InChI=1S/C13H21N3O3S/c1-14-20(18,19)11-5-6-13(15-9-11)16-12-4-2-3-10(12)7-8-17/h5-6,9-10,12,14,17H,2-4,7-8H2,1H3,(H,15,16). The fourth-order valence-corrected chi connectivity index (χ4v) is 3.35. The van der Waals surface area contributed by atoms with Crippen LogP contribution >= 0.6 is 0 Å². The molecule has 0 saturated heterocycles. The van der Waals surface area contributed by atoms with Crippen LogP contribution in [0.25, 0.3) is 0 Å². The van der Waals surface area contributed by atoms with E-state index in [0.29, 0.717) is 17.8 Å². The number of aromatic nitrogens is 1. The quantitative estimate of drug-likeness (QED) is 0.727. The lowest BCUT2D eigenvalue weighted by atomic mass is 10.00. The zero-order valence-electron chi connectivity index (χ0n) is 11.5. The average molecular weight is 299 g/mol. The Kier molecular flexibility index (Phi) is 4.95. The Hall–Kier alpha value is -1.18. The van der Waals surface area contributed by atoms with Gasteiger partial charge in [-0.05, 0) is 44.4 Å². The summed E-state index contributed by atoms with van der Waals surface area (Å²) < 4.78 is 25.4. The molecule has 7 heteroatoms. The van der Waals surface area contributed by atoms with Crippen LogP contribution in [0.5, 0.6) is 0 Å². The zero-order chi connectivity index (χ0) is 14.6. The minimum absolute atomic E-state index is 0.156. The van der Waals surface area contributed by atoms with Crippen molar-refractivity contribution in [2.24, 2.45) is 5.92 Å². The normalized spacial score (nSPS) is 22.9. The maximum atomic E-state index is 11.6. The largest absolute Gasteiger partial charge is 0.396 e. The minimum atomic E-state index is -3.43. The van der Waals surface area contributed by atoms with Gasteiger partial charge in [-0.1, -0.05) is 6.42 Å². The van der Waals surface area contributed by atoms with Crippen molar-refractivity contribution in [2.45, 2.75) is 36.6 Å². The third-order valence-corrected chi connectivity index (χ3v) is 5.21. The molecule has 2 rings (SSSR count). The highest BCUT2D eigenvalue weighted by molar-refractivity contribution is 7.89. The highest BCUT2D eigenvalue weighted by atomic mass is 32.2. The van der Waals surface area contributed by atoms with Crippen LogP contribution in [0.4, 0.5) is 5.82 Å². The minimum Gasteiger partial charge on any atom is -0.396 e. The first-order valence-electron chi connectivity index (χ1n) is 6.84. The van der Waals surface area contributed by atoms with E-state index in [0.717, 1.165) is 25.7 Å². The first-order chi connectivity index (χ1) is 9.56. The average Bonchev–Trinajstić information content (AvgIpc) is 2.87. The summed E-state index contributed by atoms with van der Waals surface area (Å²) in [6.45, 7) is 0.204. The predicted molar refractivity (Wildman–Crippen MR) is 76.9 cm³/mol. The molecule has 2 atom stereocenters. The second kappa shape index (κ2) is 6.51. The van der Waals surface area contributed by atoms with Gasteiger partial charge in [-0.3, -0.25) is 0 Å². The van der Waals surface area contributed by atoms with Gasteiger partial charge in [0, 0.05) is 18.8 Å². The zero-order valence-corrected chi connectivity index (χ0v) is 12.4. The molecule has 1 aliphatic carbocycles. The van der Waals surface area contributed by atoms with Crippen LogP contribution in [-0.4, -0.2) is 38.2 Å². The number of nitrogens with zero attached hydrogens (tertiary/aromatic N) is 1. The van der Waals surface area contributed by atoms with Crippen molar-refractivity contribution in [1.82, 2.24) is 9.71 Å². The SMILES string of the molecule is CNS(=O)(=O)c1ccc(NC2CCCC2CCO)nc1. The van der Waals surface area contributed by atoms with Crippen LogP contribution < -0.4 is 10.0 Å². The molecule has 1 heterocycles. The van der Waals surface area contributed by atoms with E-state index in [1.807, 2.05) is 0 Å². The third-order valence-electron chi connectivity index (χ3n) is 3.81. The Morgan fingerprint density at radius 3 is 2.80 bits per heavy atom. The maximum absolute atomic E-state index is 11.6. The molecule has 6 nitrogen and oxygen atoms in total. The van der Waals surface area contributed by atoms with Crippen molar-refractivity contribution < 1.29 is 13.5 Å². The molecular formula is C13H21N3O3S. The van der Waals surface area contributed by atoms with E-state index in [1.54, 1.807) is 6.07 Å². The lowest BCUT2D eigenvalue weighted by molar-refractivity contribution is 0.254. The summed E-state index contributed by atoms with van der Waals surface area (Å²) >= 11 is 0. The second-order valence-corrected chi connectivity index (χ2v) is 6.93. The van der Waals surface area contributed by atoms with E-state index >= 15 is 0 Å². The van der Waals surface area contributed by atoms with Gasteiger partial charge < -0.3 is 10.4 Å². The second-order valence-electron chi connectivity index (χ2n) is 5.04. The Morgan fingerprint density at radius 1 is 1.40 bits per heavy atom. The summed E-state index contributed by atoms with van der Waals surface area (Å²) in [7, 11) is -2.06. The lowest BCUT2D eigenvalue weighted by Crippen LogP contribution is -2.25. The summed E-state index contributed by atoms with van der Waals surface area (Å²) in [6, 6.07) is 3.52. The van der Waals surface area contributed by atoms with Gasteiger partial charge in [-0.15, -0.1) is 0 Å². The number of rotatable bonds is 6. The summed E-state index contributed by atoms with van der Waals surface area (Å²) in [6.07, 6.45) is 5.47. The Bertz CT molecular complexity index is 530. The van der Waals surface area contributed by atoms with Crippen LogP contribution in [0, 0.1) is 5.92 Å². The predicted octanol–water partition coefficient (Wildman–Crippen LogP) is 0.953. The molecule has 1 saturated carbocycles. The van der Waals surface area contributed by atoms with Crippen LogP contribution in [0.2, 0.25) is 0 Å². The molecular weight excluding hydrogens is 278 g/mol. The topological polar surface area (TPSA) is 91.3 Å². The van der Waals surface area contributed by atoms with E-state index in [4.69, 9.17) is 5.11 Å². The summed E-state index contributed by atoms with van der Waals surface area (Å²) in [5, 5.41) is 12.4. The van der Waals surface area contributed by atoms with Crippen molar-refractivity contribution >= 4 is 15.8 Å². The van der Waals surface area contributed by atoms with Crippen molar-refractivity contribution in [3.05, 3.63) is 18.3 Å². The fraction of sp³-hybridized carbons (Fsp3) is 0.615. The molecule has 1 fully saturated rings. The van der Waals surface area contributed by atoms with Crippen LogP contribution in [0.15, 0.2) is 23.2 Å². The highest BCUT2D eigenvalue weighted by Crippen LogP contribution is 2.30.